The zero-order valence-corrected chi connectivity index (χ0v) is 13.4. The van der Waals surface area contributed by atoms with Crippen LogP contribution in [0, 0.1) is 0 Å². The van der Waals surface area contributed by atoms with Crippen LogP contribution in [0.4, 0.5) is 0 Å². The standard InChI is InChI=1S/C14H15ClINO2/c15-11-3-1-10(2-4-11)14(6-7-14)13(18)17(16)12-5-8-19-9-12/h1-4,12H,5-9H2. The lowest BCUT2D eigenvalue weighted by atomic mass is 9.94. The van der Waals surface area contributed by atoms with Crippen LogP contribution < -0.4 is 0 Å². The van der Waals surface area contributed by atoms with Crippen LogP contribution in [0.5, 0.6) is 0 Å². The van der Waals surface area contributed by atoms with Crippen LogP contribution >= 0.6 is 34.5 Å². The summed E-state index contributed by atoms with van der Waals surface area (Å²) in [5.41, 5.74) is 0.774. The molecule has 0 radical (unpaired) electrons. The van der Waals surface area contributed by atoms with E-state index >= 15 is 0 Å². The Bertz CT molecular complexity index is 481. The lowest BCUT2D eigenvalue weighted by Gasteiger charge is -2.26. The lowest BCUT2D eigenvalue weighted by molar-refractivity contribution is -0.129. The Hall–Kier alpha value is -0.330. The van der Waals surface area contributed by atoms with Gasteiger partial charge in [0.05, 0.1) is 40.9 Å². The minimum Gasteiger partial charge on any atom is -0.379 e. The molecule has 2 fully saturated rings. The van der Waals surface area contributed by atoms with Gasteiger partial charge in [-0.2, -0.15) is 0 Å². The maximum absolute atomic E-state index is 12.7. The summed E-state index contributed by atoms with van der Waals surface area (Å²) >= 11 is 8.06. The molecule has 102 valence electrons. The number of hydrogen-bond acceptors (Lipinski definition) is 2. The van der Waals surface area contributed by atoms with Crippen molar-refractivity contribution in [3.63, 3.8) is 0 Å². The van der Waals surface area contributed by atoms with Gasteiger partial charge in [0, 0.05) is 11.6 Å². The van der Waals surface area contributed by atoms with E-state index < -0.39 is 0 Å². The SMILES string of the molecule is O=C(N(I)C1CCOC1)C1(c2ccc(Cl)cc2)CC1. The minimum atomic E-state index is -0.311. The van der Waals surface area contributed by atoms with Gasteiger partial charge in [0.2, 0.25) is 5.91 Å². The number of halogens is 2. The molecule has 0 spiro atoms. The monoisotopic (exact) mass is 391 g/mol. The number of carbonyl (C=O) groups is 1. The molecule has 19 heavy (non-hydrogen) atoms. The number of hydrogen-bond donors (Lipinski definition) is 0. The highest BCUT2D eigenvalue weighted by molar-refractivity contribution is 14.1. The molecular weight excluding hydrogens is 377 g/mol. The molecule has 1 aromatic rings. The molecule has 1 saturated carbocycles. The fraction of sp³-hybridized carbons (Fsp3) is 0.500. The highest BCUT2D eigenvalue weighted by Crippen LogP contribution is 2.50. The van der Waals surface area contributed by atoms with Crippen LogP contribution in [-0.4, -0.2) is 28.3 Å². The van der Waals surface area contributed by atoms with E-state index in [1.54, 1.807) is 0 Å². The predicted octanol–water partition coefficient (Wildman–Crippen LogP) is 3.34. The zero-order valence-electron chi connectivity index (χ0n) is 10.4. The van der Waals surface area contributed by atoms with E-state index in [0.717, 1.165) is 31.4 Å². The summed E-state index contributed by atoms with van der Waals surface area (Å²) in [6, 6.07) is 7.89. The third-order valence-corrected chi connectivity index (χ3v) is 5.45. The molecule has 5 heteroatoms. The Balaban J connectivity index is 1.80. The largest absolute Gasteiger partial charge is 0.379 e. The van der Waals surface area contributed by atoms with E-state index in [-0.39, 0.29) is 17.4 Å². The molecule has 1 unspecified atom stereocenters. The molecule has 1 saturated heterocycles. The van der Waals surface area contributed by atoms with Crippen molar-refractivity contribution < 1.29 is 9.53 Å². The van der Waals surface area contributed by atoms with Crippen molar-refractivity contribution in [2.45, 2.75) is 30.7 Å². The van der Waals surface area contributed by atoms with E-state index in [0.29, 0.717) is 11.6 Å². The van der Waals surface area contributed by atoms with Crippen molar-refractivity contribution in [2.75, 3.05) is 13.2 Å². The molecule has 3 nitrogen and oxygen atoms in total. The van der Waals surface area contributed by atoms with Gasteiger partial charge in [0.1, 0.15) is 0 Å². The normalized spacial score (nSPS) is 24.2. The summed E-state index contributed by atoms with van der Waals surface area (Å²) in [6.07, 6.45) is 2.80. The maximum Gasteiger partial charge on any atom is 0.242 e. The molecule has 1 atom stereocenters. The van der Waals surface area contributed by atoms with E-state index in [2.05, 4.69) is 22.9 Å². The van der Waals surface area contributed by atoms with Crippen LogP contribution in [0.2, 0.25) is 5.02 Å². The average Bonchev–Trinajstić information content (AvgIpc) is 3.05. The Morgan fingerprint density at radius 3 is 2.58 bits per heavy atom. The van der Waals surface area contributed by atoms with Gasteiger partial charge in [0.25, 0.3) is 0 Å². The summed E-state index contributed by atoms with van der Waals surface area (Å²) in [4.78, 5) is 12.7. The predicted molar refractivity (Wildman–Crippen MR) is 82.5 cm³/mol. The molecule has 1 amide bonds. The van der Waals surface area contributed by atoms with E-state index in [1.807, 2.05) is 27.4 Å². The van der Waals surface area contributed by atoms with E-state index in [4.69, 9.17) is 16.3 Å². The molecule has 1 aliphatic carbocycles. The number of nitrogens with zero attached hydrogens (tertiary/aromatic N) is 1. The molecule has 0 bridgehead atoms. The highest BCUT2D eigenvalue weighted by Gasteiger charge is 2.53. The second-order valence-corrected chi connectivity index (χ2v) is 6.70. The van der Waals surface area contributed by atoms with Crippen LogP contribution in [0.3, 0.4) is 0 Å². The van der Waals surface area contributed by atoms with Crippen molar-refractivity contribution >= 4 is 40.4 Å². The van der Waals surface area contributed by atoms with E-state index in [9.17, 15) is 4.79 Å². The number of carbonyl (C=O) groups excluding carboxylic acids is 1. The number of benzene rings is 1. The summed E-state index contributed by atoms with van der Waals surface area (Å²) < 4.78 is 7.22. The Kier molecular flexibility index (Phi) is 3.75. The molecule has 1 aromatic carbocycles. The fourth-order valence-corrected chi connectivity index (χ4v) is 3.62. The van der Waals surface area contributed by atoms with Crippen LogP contribution in [0.25, 0.3) is 0 Å². The summed E-state index contributed by atoms with van der Waals surface area (Å²) in [5, 5.41) is 0.711. The topological polar surface area (TPSA) is 29.5 Å². The lowest BCUT2D eigenvalue weighted by Crippen LogP contribution is -2.39. The van der Waals surface area contributed by atoms with Gasteiger partial charge in [-0.3, -0.25) is 7.91 Å². The van der Waals surface area contributed by atoms with Crippen molar-refractivity contribution in [1.82, 2.24) is 3.11 Å². The van der Waals surface area contributed by atoms with Crippen molar-refractivity contribution in [3.8, 4) is 0 Å². The van der Waals surface area contributed by atoms with Gasteiger partial charge >= 0.3 is 0 Å². The van der Waals surface area contributed by atoms with Gasteiger partial charge < -0.3 is 4.74 Å². The van der Waals surface area contributed by atoms with Crippen LogP contribution in [-0.2, 0) is 14.9 Å². The maximum atomic E-state index is 12.7. The van der Waals surface area contributed by atoms with Crippen LogP contribution in [0.1, 0.15) is 24.8 Å². The summed E-state index contributed by atoms with van der Waals surface area (Å²) in [6.45, 7) is 1.41. The third-order valence-electron chi connectivity index (χ3n) is 3.98. The first-order valence-corrected chi connectivity index (χ1v) is 7.81. The molecule has 0 aromatic heterocycles. The molecular formula is C14H15ClINO2. The summed E-state index contributed by atoms with van der Waals surface area (Å²) in [7, 11) is 0. The molecule has 2 aliphatic rings. The number of rotatable bonds is 3. The van der Waals surface area contributed by atoms with Gasteiger partial charge in [-0.05, 0) is 37.0 Å². The zero-order chi connectivity index (χ0) is 13.5. The molecule has 0 N–H and O–H groups in total. The highest BCUT2D eigenvalue weighted by atomic mass is 127. The Morgan fingerprint density at radius 1 is 1.37 bits per heavy atom. The first-order chi connectivity index (χ1) is 9.13. The fourth-order valence-electron chi connectivity index (χ4n) is 2.59. The second kappa shape index (κ2) is 5.22. The number of ether oxygens (including phenoxy) is 1. The first-order valence-electron chi connectivity index (χ1n) is 6.47. The van der Waals surface area contributed by atoms with Crippen molar-refractivity contribution in [3.05, 3.63) is 34.9 Å². The smallest absolute Gasteiger partial charge is 0.242 e. The Labute approximate surface area is 131 Å². The van der Waals surface area contributed by atoms with Gasteiger partial charge in [0.15, 0.2) is 0 Å². The van der Waals surface area contributed by atoms with Crippen LogP contribution in [0.15, 0.2) is 24.3 Å². The van der Waals surface area contributed by atoms with Gasteiger partial charge in [-0.15, -0.1) is 0 Å². The van der Waals surface area contributed by atoms with Gasteiger partial charge in [-0.1, -0.05) is 23.7 Å². The number of amides is 1. The van der Waals surface area contributed by atoms with Crippen molar-refractivity contribution in [2.24, 2.45) is 0 Å². The average molecular weight is 392 g/mol. The minimum absolute atomic E-state index is 0.214. The molecule has 1 heterocycles. The first kappa shape index (κ1) is 13.6. The molecule has 3 rings (SSSR count). The summed E-state index contributed by atoms with van der Waals surface area (Å²) in [5.74, 6) is 0.214. The van der Waals surface area contributed by atoms with Gasteiger partial charge in [-0.25, -0.2) is 0 Å². The quantitative estimate of drug-likeness (QED) is 0.584. The molecule has 1 aliphatic heterocycles. The second-order valence-electron chi connectivity index (χ2n) is 5.22. The van der Waals surface area contributed by atoms with Crippen molar-refractivity contribution in [1.29, 1.82) is 0 Å². The van der Waals surface area contributed by atoms with E-state index in [1.165, 1.54) is 0 Å². The Morgan fingerprint density at radius 2 is 2.05 bits per heavy atom. The third kappa shape index (κ3) is 2.50.